The Morgan fingerprint density at radius 2 is 1.92 bits per heavy atom. The molecular formula is C19H16ClN3O3. The van der Waals surface area contributed by atoms with E-state index < -0.39 is 5.97 Å². The summed E-state index contributed by atoms with van der Waals surface area (Å²) in [7, 11) is 0. The van der Waals surface area contributed by atoms with Crippen molar-refractivity contribution in [2.75, 3.05) is 11.9 Å². The maximum Gasteiger partial charge on any atom is 0.358 e. The van der Waals surface area contributed by atoms with Gasteiger partial charge in [0.2, 0.25) is 0 Å². The van der Waals surface area contributed by atoms with E-state index in [9.17, 15) is 9.59 Å². The minimum Gasteiger partial charge on any atom is -0.461 e. The van der Waals surface area contributed by atoms with Crippen molar-refractivity contribution < 1.29 is 14.3 Å². The molecule has 1 N–H and O–H groups in total. The van der Waals surface area contributed by atoms with Crippen molar-refractivity contribution >= 4 is 29.2 Å². The van der Waals surface area contributed by atoms with Gasteiger partial charge < -0.3 is 10.1 Å². The molecule has 0 spiro atoms. The molecule has 0 aliphatic carbocycles. The summed E-state index contributed by atoms with van der Waals surface area (Å²) in [6.07, 6.45) is 1.66. The molecule has 26 heavy (non-hydrogen) atoms. The Morgan fingerprint density at radius 3 is 2.65 bits per heavy atom. The van der Waals surface area contributed by atoms with E-state index in [1.165, 1.54) is 0 Å². The summed E-state index contributed by atoms with van der Waals surface area (Å²) >= 11 is 5.83. The van der Waals surface area contributed by atoms with E-state index in [2.05, 4.69) is 10.4 Å². The number of hydrogen-bond donors (Lipinski definition) is 1. The van der Waals surface area contributed by atoms with Crippen LogP contribution in [0.2, 0.25) is 5.02 Å². The largest absolute Gasteiger partial charge is 0.461 e. The highest BCUT2D eigenvalue weighted by Gasteiger charge is 2.11. The summed E-state index contributed by atoms with van der Waals surface area (Å²) in [4.78, 5) is 24.0. The number of halogens is 1. The molecule has 0 saturated carbocycles. The number of aromatic nitrogens is 2. The molecule has 0 aliphatic heterocycles. The average molecular weight is 370 g/mol. The van der Waals surface area contributed by atoms with Crippen molar-refractivity contribution in [3.63, 3.8) is 0 Å². The van der Waals surface area contributed by atoms with Crippen LogP contribution < -0.4 is 5.32 Å². The van der Waals surface area contributed by atoms with Gasteiger partial charge in [-0.25, -0.2) is 9.48 Å². The predicted octanol–water partition coefficient (Wildman–Crippen LogP) is 3.95. The fraction of sp³-hybridized carbons (Fsp3) is 0.105. The van der Waals surface area contributed by atoms with Gasteiger partial charge in [0.1, 0.15) is 0 Å². The fourth-order valence-electron chi connectivity index (χ4n) is 2.31. The van der Waals surface area contributed by atoms with Crippen LogP contribution in [0, 0.1) is 0 Å². The maximum absolute atomic E-state index is 12.3. The fourth-order valence-corrected chi connectivity index (χ4v) is 2.44. The van der Waals surface area contributed by atoms with E-state index in [-0.39, 0.29) is 18.2 Å². The van der Waals surface area contributed by atoms with Gasteiger partial charge in [0.15, 0.2) is 5.69 Å². The minimum atomic E-state index is -0.474. The molecule has 132 valence electrons. The molecule has 1 heterocycles. The van der Waals surface area contributed by atoms with Gasteiger partial charge in [0.25, 0.3) is 5.91 Å². The first kappa shape index (κ1) is 17.7. The maximum atomic E-state index is 12.3. The molecule has 0 saturated heterocycles. The predicted molar refractivity (Wildman–Crippen MR) is 98.9 cm³/mol. The van der Waals surface area contributed by atoms with Crippen LogP contribution in [0.3, 0.4) is 0 Å². The van der Waals surface area contributed by atoms with Gasteiger partial charge in [-0.2, -0.15) is 5.10 Å². The van der Waals surface area contributed by atoms with E-state index in [0.29, 0.717) is 22.0 Å². The van der Waals surface area contributed by atoms with Crippen LogP contribution in [-0.4, -0.2) is 28.3 Å². The molecule has 3 aromatic rings. The van der Waals surface area contributed by atoms with Gasteiger partial charge in [-0.1, -0.05) is 17.7 Å². The monoisotopic (exact) mass is 369 g/mol. The number of nitrogens with zero attached hydrogens (tertiary/aromatic N) is 2. The standard InChI is InChI=1S/C19H16ClN3O3/c1-2-26-19(25)17-10-11-23(22-17)16-5-3-4-15(12-16)21-18(24)13-6-8-14(20)9-7-13/h3-12H,2H2,1H3,(H,21,24). The van der Waals surface area contributed by atoms with E-state index in [1.54, 1.807) is 66.3 Å². The van der Waals surface area contributed by atoms with Gasteiger partial charge in [-0.15, -0.1) is 0 Å². The highest BCUT2D eigenvalue weighted by atomic mass is 35.5. The number of hydrogen-bond acceptors (Lipinski definition) is 4. The lowest BCUT2D eigenvalue weighted by Gasteiger charge is -2.08. The molecule has 0 atom stereocenters. The molecule has 6 nitrogen and oxygen atoms in total. The summed E-state index contributed by atoms with van der Waals surface area (Å²) in [5, 5.41) is 7.59. The van der Waals surface area contributed by atoms with Crippen molar-refractivity contribution in [2.45, 2.75) is 6.92 Å². The third-order valence-corrected chi connectivity index (χ3v) is 3.80. The number of carbonyl (C=O) groups is 2. The van der Waals surface area contributed by atoms with Gasteiger partial charge in [0, 0.05) is 22.5 Å². The first-order chi connectivity index (χ1) is 12.6. The lowest BCUT2D eigenvalue weighted by atomic mass is 10.2. The summed E-state index contributed by atoms with van der Waals surface area (Å²) in [5.41, 5.74) is 2.04. The minimum absolute atomic E-state index is 0.224. The Bertz CT molecular complexity index is 935. The molecule has 0 radical (unpaired) electrons. The SMILES string of the molecule is CCOC(=O)c1ccn(-c2cccc(NC(=O)c3ccc(Cl)cc3)c2)n1. The Balaban J connectivity index is 1.77. The number of amides is 1. The van der Waals surface area contributed by atoms with Crippen molar-refractivity contribution in [3.05, 3.63) is 77.1 Å². The smallest absolute Gasteiger partial charge is 0.358 e. The number of rotatable bonds is 5. The molecule has 7 heteroatoms. The zero-order chi connectivity index (χ0) is 18.5. The van der Waals surface area contributed by atoms with Crippen LogP contribution in [-0.2, 0) is 4.74 Å². The molecule has 0 fully saturated rings. The second-order valence-electron chi connectivity index (χ2n) is 5.38. The van der Waals surface area contributed by atoms with E-state index >= 15 is 0 Å². The normalized spacial score (nSPS) is 10.4. The number of carbonyl (C=O) groups excluding carboxylic acids is 2. The number of ether oxygens (including phenoxy) is 1. The third kappa shape index (κ3) is 4.10. The molecule has 0 unspecified atom stereocenters. The van der Waals surface area contributed by atoms with Crippen LogP contribution >= 0.6 is 11.6 Å². The third-order valence-electron chi connectivity index (χ3n) is 3.55. The van der Waals surface area contributed by atoms with Gasteiger partial charge in [-0.3, -0.25) is 4.79 Å². The van der Waals surface area contributed by atoms with E-state index in [0.717, 1.165) is 0 Å². The number of anilines is 1. The van der Waals surface area contributed by atoms with Crippen molar-refractivity contribution in [3.8, 4) is 5.69 Å². The van der Waals surface area contributed by atoms with Crippen LogP contribution in [0.1, 0.15) is 27.8 Å². The summed E-state index contributed by atoms with van der Waals surface area (Å²) in [5.74, 6) is -0.718. The van der Waals surface area contributed by atoms with Crippen LogP contribution in [0.25, 0.3) is 5.69 Å². The Kier molecular flexibility index (Phi) is 5.34. The molecule has 0 aliphatic rings. The van der Waals surface area contributed by atoms with Crippen LogP contribution in [0.4, 0.5) is 5.69 Å². The van der Waals surface area contributed by atoms with Crippen LogP contribution in [0.5, 0.6) is 0 Å². The van der Waals surface area contributed by atoms with E-state index in [4.69, 9.17) is 16.3 Å². The molecule has 1 aromatic heterocycles. The van der Waals surface area contributed by atoms with Crippen molar-refractivity contribution in [1.29, 1.82) is 0 Å². The zero-order valence-corrected chi connectivity index (χ0v) is 14.7. The molecular weight excluding hydrogens is 354 g/mol. The van der Waals surface area contributed by atoms with Gasteiger partial charge >= 0.3 is 5.97 Å². The van der Waals surface area contributed by atoms with Gasteiger partial charge in [-0.05, 0) is 55.5 Å². The molecule has 2 aromatic carbocycles. The average Bonchev–Trinajstić information content (AvgIpc) is 3.13. The summed E-state index contributed by atoms with van der Waals surface area (Å²) in [6.45, 7) is 2.03. The Morgan fingerprint density at radius 1 is 1.15 bits per heavy atom. The Hall–Kier alpha value is -3.12. The summed E-state index contributed by atoms with van der Waals surface area (Å²) < 4.78 is 6.48. The lowest BCUT2D eigenvalue weighted by molar-refractivity contribution is 0.0519. The molecule has 1 amide bonds. The quantitative estimate of drug-likeness (QED) is 0.691. The first-order valence-corrected chi connectivity index (χ1v) is 8.35. The zero-order valence-electron chi connectivity index (χ0n) is 14.0. The highest BCUT2D eigenvalue weighted by molar-refractivity contribution is 6.30. The first-order valence-electron chi connectivity index (χ1n) is 7.97. The lowest BCUT2D eigenvalue weighted by Crippen LogP contribution is -2.12. The van der Waals surface area contributed by atoms with Crippen LogP contribution in [0.15, 0.2) is 60.8 Å². The van der Waals surface area contributed by atoms with Gasteiger partial charge in [0.05, 0.1) is 12.3 Å². The number of nitrogens with one attached hydrogen (secondary N) is 1. The van der Waals surface area contributed by atoms with Crippen molar-refractivity contribution in [2.24, 2.45) is 0 Å². The summed E-state index contributed by atoms with van der Waals surface area (Å²) in [6, 6.07) is 15.3. The van der Waals surface area contributed by atoms with E-state index in [1.807, 2.05) is 6.07 Å². The second kappa shape index (κ2) is 7.84. The second-order valence-corrected chi connectivity index (χ2v) is 5.81. The number of benzene rings is 2. The van der Waals surface area contributed by atoms with Crippen molar-refractivity contribution in [1.82, 2.24) is 9.78 Å². The highest BCUT2D eigenvalue weighted by Crippen LogP contribution is 2.17. The molecule has 0 bridgehead atoms. The number of esters is 1. The molecule has 3 rings (SSSR count). The topological polar surface area (TPSA) is 73.2 Å². The Labute approximate surface area is 155 Å².